The molecular formula is C20H15F3N6O2. The summed E-state index contributed by atoms with van der Waals surface area (Å²) in [6.45, 7) is 1.10. The Morgan fingerprint density at radius 3 is 2.81 bits per heavy atom. The second kappa shape index (κ2) is 8.06. The maximum atomic E-state index is 12.7. The predicted molar refractivity (Wildman–Crippen MR) is 103 cm³/mol. The molecule has 1 saturated heterocycles. The predicted octanol–water partition coefficient (Wildman–Crippen LogP) is 3.49. The molecule has 0 bridgehead atoms. The van der Waals surface area contributed by atoms with E-state index in [9.17, 15) is 18.0 Å². The molecule has 1 aliphatic heterocycles. The third-order valence-electron chi connectivity index (χ3n) is 4.82. The molecule has 0 spiro atoms. The van der Waals surface area contributed by atoms with Gasteiger partial charge in [-0.2, -0.15) is 23.4 Å². The SMILES string of the molecule is N#Cc1ccc(N2CCC(C(=O)Nc3cccc(-c4noc(C(F)(F)F)n4)c3)C2)nc1. The van der Waals surface area contributed by atoms with Gasteiger partial charge in [0.15, 0.2) is 0 Å². The first-order valence-corrected chi connectivity index (χ1v) is 9.27. The first-order valence-electron chi connectivity index (χ1n) is 9.27. The van der Waals surface area contributed by atoms with Gasteiger partial charge in [-0.15, -0.1) is 0 Å². The Morgan fingerprint density at radius 1 is 1.29 bits per heavy atom. The van der Waals surface area contributed by atoms with Gasteiger partial charge in [0.05, 0.1) is 11.5 Å². The number of nitriles is 1. The molecule has 2 aromatic heterocycles. The number of halogens is 3. The third kappa shape index (κ3) is 4.48. The van der Waals surface area contributed by atoms with Gasteiger partial charge in [-0.25, -0.2) is 4.98 Å². The second-order valence-electron chi connectivity index (χ2n) is 6.94. The van der Waals surface area contributed by atoms with E-state index in [1.807, 2.05) is 11.0 Å². The van der Waals surface area contributed by atoms with Crippen molar-refractivity contribution in [3.05, 3.63) is 54.0 Å². The van der Waals surface area contributed by atoms with Crippen LogP contribution in [0.4, 0.5) is 24.7 Å². The topological polar surface area (TPSA) is 108 Å². The molecule has 31 heavy (non-hydrogen) atoms. The highest BCUT2D eigenvalue weighted by molar-refractivity contribution is 5.93. The van der Waals surface area contributed by atoms with E-state index in [0.717, 1.165) is 0 Å². The van der Waals surface area contributed by atoms with Crippen LogP contribution in [0.1, 0.15) is 17.9 Å². The summed E-state index contributed by atoms with van der Waals surface area (Å²) < 4.78 is 42.2. The third-order valence-corrected chi connectivity index (χ3v) is 4.82. The highest BCUT2D eigenvalue weighted by Gasteiger charge is 2.38. The van der Waals surface area contributed by atoms with Crippen molar-refractivity contribution in [2.45, 2.75) is 12.6 Å². The molecule has 1 N–H and O–H groups in total. The number of nitrogens with one attached hydrogen (secondary N) is 1. The number of benzene rings is 1. The fourth-order valence-electron chi connectivity index (χ4n) is 3.26. The number of alkyl halides is 3. The average Bonchev–Trinajstić information content (AvgIpc) is 3.44. The van der Waals surface area contributed by atoms with Crippen molar-refractivity contribution in [2.75, 3.05) is 23.3 Å². The normalized spacial score (nSPS) is 16.2. The Balaban J connectivity index is 1.41. The number of aromatic nitrogens is 3. The standard InChI is InChI=1S/C20H15F3N6O2/c21-20(22,23)19-27-17(28-31-19)13-2-1-3-15(8-13)26-18(30)14-6-7-29(11-14)16-5-4-12(9-24)10-25-16/h1-5,8,10,14H,6-7,11H2,(H,26,30). The highest BCUT2D eigenvalue weighted by Crippen LogP contribution is 2.30. The van der Waals surface area contributed by atoms with Gasteiger partial charge in [-0.3, -0.25) is 4.79 Å². The minimum atomic E-state index is -4.73. The largest absolute Gasteiger partial charge is 0.471 e. The molecule has 0 aliphatic carbocycles. The van der Waals surface area contributed by atoms with E-state index < -0.39 is 12.1 Å². The van der Waals surface area contributed by atoms with Gasteiger partial charge in [-0.1, -0.05) is 17.3 Å². The lowest BCUT2D eigenvalue weighted by Crippen LogP contribution is -2.27. The van der Waals surface area contributed by atoms with Crippen LogP contribution in [-0.4, -0.2) is 34.1 Å². The second-order valence-corrected chi connectivity index (χ2v) is 6.94. The van der Waals surface area contributed by atoms with Gasteiger partial charge in [0.1, 0.15) is 11.9 Å². The maximum Gasteiger partial charge on any atom is 0.471 e. The zero-order valence-electron chi connectivity index (χ0n) is 15.9. The fraction of sp³-hybridized carbons (Fsp3) is 0.250. The Bertz CT molecular complexity index is 1140. The van der Waals surface area contributed by atoms with Crippen molar-refractivity contribution >= 4 is 17.4 Å². The van der Waals surface area contributed by atoms with Gasteiger partial charge >= 0.3 is 12.1 Å². The number of amides is 1. The lowest BCUT2D eigenvalue weighted by molar-refractivity contribution is -0.159. The number of nitrogens with zero attached hydrogens (tertiary/aromatic N) is 5. The van der Waals surface area contributed by atoms with Crippen molar-refractivity contribution in [3.63, 3.8) is 0 Å². The fourth-order valence-corrected chi connectivity index (χ4v) is 3.26. The van der Waals surface area contributed by atoms with Crippen molar-refractivity contribution in [3.8, 4) is 17.5 Å². The summed E-state index contributed by atoms with van der Waals surface area (Å²) in [5.41, 5.74) is 1.16. The van der Waals surface area contributed by atoms with Crippen molar-refractivity contribution in [1.29, 1.82) is 5.26 Å². The smallest absolute Gasteiger partial charge is 0.356 e. The lowest BCUT2D eigenvalue weighted by atomic mass is 10.1. The number of anilines is 2. The number of pyridine rings is 1. The molecule has 11 heteroatoms. The molecule has 8 nitrogen and oxygen atoms in total. The number of hydrogen-bond donors (Lipinski definition) is 1. The molecule has 3 heterocycles. The van der Waals surface area contributed by atoms with Gasteiger partial charge in [0, 0.05) is 30.5 Å². The molecule has 1 unspecified atom stereocenters. The van der Waals surface area contributed by atoms with E-state index in [1.54, 1.807) is 24.3 Å². The van der Waals surface area contributed by atoms with Crippen molar-refractivity contribution in [2.24, 2.45) is 5.92 Å². The molecule has 1 amide bonds. The summed E-state index contributed by atoms with van der Waals surface area (Å²) in [5, 5.41) is 15.0. The molecule has 0 radical (unpaired) electrons. The molecule has 0 saturated carbocycles. The van der Waals surface area contributed by atoms with Crippen LogP contribution in [0, 0.1) is 17.2 Å². The van der Waals surface area contributed by atoms with E-state index in [4.69, 9.17) is 5.26 Å². The molecule has 3 aromatic rings. The lowest BCUT2D eigenvalue weighted by Gasteiger charge is -2.17. The zero-order chi connectivity index (χ0) is 22.0. The molecular weight excluding hydrogens is 413 g/mol. The van der Waals surface area contributed by atoms with Crippen LogP contribution in [0.3, 0.4) is 0 Å². The van der Waals surface area contributed by atoms with Gasteiger partial charge < -0.3 is 14.7 Å². The van der Waals surface area contributed by atoms with Crippen LogP contribution in [-0.2, 0) is 11.0 Å². The van der Waals surface area contributed by atoms with Crippen LogP contribution in [0.25, 0.3) is 11.4 Å². The van der Waals surface area contributed by atoms with E-state index >= 15 is 0 Å². The van der Waals surface area contributed by atoms with E-state index in [2.05, 4.69) is 25.0 Å². The number of carbonyl (C=O) groups excluding carboxylic acids is 1. The average molecular weight is 428 g/mol. The molecule has 4 rings (SSSR count). The minimum Gasteiger partial charge on any atom is -0.356 e. The van der Waals surface area contributed by atoms with Gasteiger partial charge in [0.25, 0.3) is 0 Å². The van der Waals surface area contributed by atoms with Crippen LogP contribution in [0.2, 0.25) is 0 Å². The van der Waals surface area contributed by atoms with Crippen LogP contribution in [0.15, 0.2) is 47.1 Å². The number of rotatable bonds is 4. The number of hydrogen-bond acceptors (Lipinski definition) is 7. The monoisotopic (exact) mass is 428 g/mol. The molecule has 1 atom stereocenters. The Morgan fingerprint density at radius 2 is 2.13 bits per heavy atom. The van der Waals surface area contributed by atoms with Gasteiger partial charge in [0.2, 0.25) is 11.7 Å². The van der Waals surface area contributed by atoms with Crippen LogP contribution < -0.4 is 10.2 Å². The maximum absolute atomic E-state index is 12.7. The Kier molecular flexibility index (Phi) is 5.29. The minimum absolute atomic E-state index is 0.211. The van der Waals surface area contributed by atoms with Crippen LogP contribution >= 0.6 is 0 Å². The molecule has 158 valence electrons. The van der Waals surface area contributed by atoms with Crippen molar-refractivity contribution in [1.82, 2.24) is 15.1 Å². The Hall–Kier alpha value is -3.94. The number of carbonyl (C=O) groups is 1. The summed E-state index contributed by atoms with van der Waals surface area (Å²) in [7, 11) is 0. The van der Waals surface area contributed by atoms with E-state index in [1.165, 1.54) is 18.3 Å². The zero-order valence-corrected chi connectivity index (χ0v) is 15.9. The van der Waals surface area contributed by atoms with Crippen molar-refractivity contribution < 1.29 is 22.5 Å². The molecule has 1 aromatic carbocycles. The summed E-state index contributed by atoms with van der Waals surface area (Å²) in [6, 6.07) is 11.6. The summed E-state index contributed by atoms with van der Waals surface area (Å²) >= 11 is 0. The molecule has 1 fully saturated rings. The van der Waals surface area contributed by atoms with Gasteiger partial charge in [-0.05, 0) is 30.7 Å². The highest BCUT2D eigenvalue weighted by atomic mass is 19.4. The quantitative estimate of drug-likeness (QED) is 0.678. The van der Waals surface area contributed by atoms with E-state index in [0.29, 0.717) is 36.6 Å². The summed E-state index contributed by atoms with van der Waals surface area (Å²) in [4.78, 5) is 22.2. The summed E-state index contributed by atoms with van der Waals surface area (Å²) in [5.74, 6) is -1.46. The summed E-state index contributed by atoms with van der Waals surface area (Å²) in [6.07, 6.45) is -2.63. The Labute approximate surface area is 174 Å². The first-order chi connectivity index (χ1) is 14.8. The van der Waals surface area contributed by atoms with E-state index in [-0.39, 0.29) is 23.2 Å². The molecule has 1 aliphatic rings. The van der Waals surface area contributed by atoms with Crippen LogP contribution in [0.5, 0.6) is 0 Å². The first kappa shape index (κ1) is 20.3.